The first-order chi connectivity index (χ1) is 17.3. The monoisotopic (exact) mass is 530 g/mol. The van der Waals surface area contributed by atoms with Crippen molar-refractivity contribution < 1.29 is 27.4 Å². The van der Waals surface area contributed by atoms with Gasteiger partial charge < -0.3 is 19.5 Å². The second-order valence-electron chi connectivity index (χ2n) is 8.26. The maximum Gasteiger partial charge on any atom is 0.246 e. The van der Waals surface area contributed by atoms with E-state index in [1.807, 2.05) is 18.2 Å². The average Bonchev–Trinajstić information content (AvgIpc) is 2.90. The molecule has 190 valence electrons. The van der Waals surface area contributed by atoms with Crippen molar-refractivity contribution in [3.63, 3.8) is 0 Å². The highest BCUT2D eigenvalue weighted by Crippen LogP contribution is 2.35. The Labute approximate surface area is 215 Å². The Morgan fingerprint density at radius 3 is 2.44 bits per heavy atom. The van der Waals surface area contributed by atoms with Crippen molar-refractivity contribution in [2.45, 2.75) is 17.7 Å². The molecule has 1 atom stereocenters. The molecule has 0 unspecified atom stereocenters. The summed E-state index contributed by atoms with van der Waals surface area (Å²) in [5, 5.41) is 3.31. The Kier molecular flexibility index (Phi) is 8.03. The molecule has 8 nitrogen and oxygen atoms in total. The molecule has 3 aromatic rings. The third kappa shape index (κ3) is 5.75. The predicted octanol–water partition coefficient (Wildman–Crippen LogP) is 5.19. The molecule has 4 rings (SSSR count). The summed E-state index contributed by atoms with van der Waals surface area (Å²) in [6, 6.07) is 18.7. The molecular formula is C26H27ClN2O6S. The van der Waals surface area contributed by atoms with Crippen molar-refractivity contribution in [1.29, 1.82) is 0 Å². The number of rotatable bonds is 8. The zero-order chi connectivity index (χ0) is 25.7. The van der Waals surface area contributed by atoms with E-state index in [4.69, 9.17) is 25.8 Å². The van der Waals surface area contributed by atoms with E-state index in [2.05, 4.69) is 5.32 Å². The molecule has 1 amide bonds. The average molecular weight is 531 g/mol. The molecule has 1 heterocycles. The number of amides is 1. The fourth-order valence-electron chi connectivity index (χ4n) is 4.04. The summed E-state index contributed by atoms with van der Waals surface area (Å²) < 4.78 is 44.7. The lowest BCUT2D eigenvalue weighted by Crippen LogP contribution is -2.43. The minimum Gasteiger partial charge on any atom is -0.497 e. The Morgan fingerprint density at radius 1 is 0.972 bits per heavy atom. The number of halogens is 1. The van der Waals surface area contributed by atoms with Crippen molar-refractivity contribution in [2.75, 3.05) is 32.6 Å². The number of carbonyl (C=O) groups is 1. The van der Waals surface area contributed by atoms with Crippen LogP contribution in [0.15, 0.2) is 71.6 Å². The number of nitrogens with one attached hydrogen (secondary N) is 1. The highest BCUT2D eigenvalue weighted by atomic mass is 35.5. The number of carbonyl (C=O) groups excluding carboxylic acids is 1. The fourth-order valence-corrected chi connectivity index (χ4v) is 5.91. The summed E-state index contributed by atoms with van der Waals surface area (Å²) in [4.78, 5) is 13.2. The Morgan fingerprint density at radius 2 is 1.72 bits per heavy atom. The van der Waals surface area contributed by atoms with Crippen LogP contribution in [-0.2, 0) is 14.8 Å². The molecule has 36 heavy (non-hydrogen) atoms. The number of nitrogens with zero attached hydrogens (tertiary/aromatic N) is 1. The maximum absolute atomic E-state index is 13.5. The van der Waals surface area contributed by atoms with Crippen molar-refractivity contribution in [1.82, 2.24) is 4.31 Å². The molecule has 1 fully saturated rings. The molecule has 0 aromatic heterocycles. The van der Waals surface area contributed by atoms with Gasteiger partial charge in [0.25, 0.3) is 0 Å². The van der Waals surface area contributed by atoms with Crippen molar-refractivity contribution in [2.24, 2.45) is 5.92 Å². The lowest BCUT2D eigenvalue weighted by molar-refractivity contribution is -0.120. The zero-order valence-corrected chi connectivity index (χ0v) is 21.5. The second-order valence-corrected chi connectivity index (χ2v) is 10.6. The summed E-state index contributed by atoms with van der Waals surface area (Å²) in [6.45, 7) is 0.329. The minimum atomic E-state index is -3.93. The SMILES string of the molecule is COc1ccc(OC)c(S(=O)(=O)N2CCC[C@@H](C(=O)Nc3cc(Cl)ccc3Oc3ccccc3)C2)c1. The van der Waals surface area contributed by atoms with Crippen molar-refractivity contribution >= 4 is 33.2 Å². The summed E-state index contributed by atoms with van der Waals surface area (Å²) in [7, 11) is -1.06. The zero-order valence-electron chi connectivity index (χ0n) is 19.9. The molecule has 0 saturated carbocycles. The number of sulfonamides is 1. The molecule has 0 bridgehead atoms. The lowest BCUT2D eigenvalue weighted by atomic mass is 9.98. The standard InChI is InChI=1S/C26H27ClN2O6S/c1-33-21-11-13-24(34-2)25(16-21)36(31,32)29-14-6-7-18(17-29)26(30)28-22-15-19(27)10-12-23(22)35-20-8-4-3-5-9-20/h3-5,8-13,15-16,18H,6-7,14,17H2,1-2H3,(H,28,30)/t18-/m1/s1. The number of methoxy groups -OCH3 is 2. The normalized spacial score (nSPS) is 16.2. The maximum atomic E-state index is 13.5. The van der Waals surface area contributed by atoms with E-state index >= 15 is 0 Å². The van der Waals surface area contributed by atoms with Gasteiger partial charge in [-0.05, 0) is 55.3 Å². The van der Waals surface area contributed by atoms with E-state index in [9.17, 15) is 13.2 Å². The first kappa shape index (κ1) is 25.8. The molecular weight excluding hydrogens is 504 g/mol. The molecule has 1 saturated heterocycles. The van der Waals surface area contributed by atoms with Crippen LogP contribution in [0.3, 0.4) is 0 Å². The van der Waals surface area contributed by atoms with Gasteiger partial charge in [-0.1, -0.05) is 29.8 Å². The topological polar surface area (TPSA) is 94.2 Å². The Hall–Kier alpha value is -3.27. The van der Waals surface area contributed by atoms with Gasteiger partial charge in [0.2, 0.25) is 15.9 Å². The summed E-state index contributed by atoms with van der Waals surface area (Å²) in [5.41, 5.74) is 0.408. The minimum absolute atomic E-state index is 0.00111. The number of anilines is 1. The number of hydrogen-bond acceptors (Lipinski definition) is 6. The van der Waals surface area contributed by atoms with Crippen LogP contribution in [0, 0.1) is 5.92 Å². The van der Waals surface area contributed by atoms with E-state index in [0.717, 1.165) is 0 Å². The van der Waals surface area contributed by atoms with Gasteiger partial charge in [-0.2, -0.15) is 4.31 Å². The van der Waals surface area contributed by atoms with Crippen LogP contribution >= 0.6 is 11.6 Å². The first-order valence-electron chi connectivity index (χ1n) is 11.4. The van der Waals surface area contributed by atoms with Gasteiger partial charge in [0.15, 0.2) is 5.75 Å². The molecule has 10 heteroatoms. The summed E-state index contributed by atoms with van der Waals surface area (Å²) in [5.74, 6) is 0.774. The second kappa shape index (κ2) is 11.2. The van der Waals surface area contributed by atoms with E-state index < -0.39 is 15.9 Å². The lowest BCUT2D eigenvalue weighted by Gasteiger charge is -2.31. The molecule has 0 aliphatic carbocycles. The van der Waals surface area contributed by atoms with Crippen LogP contribution in [0.2, 0.25) is 5.02 Å². The fraction of sp³-hybridized carbons (Fsp3) is 0.269. The van der Waals surface area contributed by atoms with E-state index in [-0.39, 0.29) is 23.1 Å². The van der Waals surface area contributed by atoms with Crippen LogP contribution < -0.4 is 19.5 Å². The van der Waals surface area contributed by atoms with Gasteiger partial charge >= 0.3 is 0 Å². The third-order valence-electron chi connectivity index (χ3n) is 5.91. The van der Waals surface area contributed by atoms with Crippen LogP contribution in [0.4, 0.5) is 5.69 Å². The van der Waals surface area contributed by atoms with E-state index in [0.29, 0.717) is 47.3 Å². The van der Waals surface area contributed by atoms with Crippen LogP contribution in [0.5, 0.6) is 23.0 Å². The predicted molar refractivity (Wildman–Crippen MR) is 138 cm³/mol. The largest absolute Gasteiger partial charge is 0.497 e. The highest BCUT2D eigenvalue weighted by Gasteiger charge is 2.35. The summed E-state index contributed by atoms with van der Waals surface area (Å²) >= 11 is 6.18. The molecule has 1 aliphatic heterocycles. The van der Waals surface area contributed by atoms with E-state index in [1.165, 1.54) is 24.6 Å². The number of ether oxygens (including phenoxy) is 3. The van der Waals surface area contributed by atoms with Gasteiger partial charge in [-0.25, -0.2) is 8.42 Å². The Bertz CT molecular complexity index is 1330. The number of piperidine rings is 1. The van der Waals surface area contributed by atoms with Gasteiger partial charge in [-0.3, -0.25) is 4.79 Å². The third-order valence-corrected chi connectivity index (χ3v) is 8.04. The molecule has 1 N–H and O–H groups in total. The van der Waals surface area contributed by atoms with E-state index in [1.54, 1.807) is 42.5 Å². The summed E-state index contributed by atoms with van der Waals surface area (Å²) in [6.07, 6.45) is 1.08. The molecule has 0 spiro atoms. The van der Waals surface area contributed by atoms with Gasteiger partial charge in [-0.15, -0.1) is 0 Å². The highest BCUT2D eigenvalue weighted by molar-refractivity contribution is 7.89. The van der Waals surface area contributed by atoms with Crippen LogP contribution in [0.25, 0.3) is 0 Å². The molecule has 1 aliphatic rings. The van der Waals surface area contributed by atoms with Gasteiger partial charge in [0.1, 0.15) is 22.1 Å². The van der Waals surface area contributed by atoms with Gasteiger partial charge in [0.05, 0.1) is 25.8 Å². The number of benzene rings is 3. The van der Waals surface area contributed by atoms with Crippen LogP contribution in [0.1, 0.15) is 12.8 Å². The number of hydrogen-bond donors (Lipinski definition) is 1. The van der Waals surface area contributed by atoms with Crippen LogP contribution in [-0.4, -0.2) is 45.9 Å². The van der Waals surface area contributed by atoms with Gasteiger partial charge in [0, 0.05) is 24.2 Å². The first-order valence-corrected chi connectivity index (χ1v) is 13.2. The number of para-hydroxylation sites is 1. The smallest absolute Gasteiger partial charge is 0.246 e. The van der Waals surface area contributed by atoms with Crippen molar-refractivity contribution in [3.05, 3.63) is 71.8 Å². The molecule has 3 aromatic carbocycles. The molecule has 0 radical (unpaired) electrons. The van der Waals surface area contributed by atoms with Crippen molar-refractivity contribution in [3.8, 4) is 23.0 Å². The quantitative estimate of drug-likeness (QED) is 0.431. The Balaban J connectivity index is 1.53.